The summed E-state index contributed by atoms with van der Waals surface area (Å²) in [5.74, 6) is -1.03. The molecule has 0 unspecified atom stereocenters. The number of carbonyl (C=O) groups is 1. The Kier molecular flexibility index (Phi) is 6.09. The Hall–Kier alpha value is -0.960. The number of rotatable bonds is 6. The van der Waals surface area contributed by atoms with Gasteiger partial charge in [-0.05, 0) is 19.8 Å². The van der Waals surface area contributed by atoms with Crippen LogP contribution in [-0.2, 0) is 4.79 Å². The van der Waals surface area contributed by atoms with Crippen molar-refractivity contribution in [2.75, 3.05) is 7.05 Å². The summed E-state index contributed by atoms with van der Waals surface area (Å²) in [5.41, 5.74) is 0.868. The molecule has 0 amide bonds. The smallest absolute Gasteiger partial charge is 0.353 e. The number of aliphatic carboxylic acids is 1. The number of allylic oxidation sites excluding steroid dienone is 2. The van der Waals surface area contributed by atoms with Crippen LogP contribution in [0.2, 0.25) is 0 Å². The summed E-state index contributed by atoms with van der Waals surface area (Å²) in [5, 5.41) is 9.23. The number of hydrogen-bond donors (Lipinski definition) is 1. The minimum absolute atomic E-state index is 0.0952. The van der Waals surface area contributed by atoms with Gasteiger partial charge in [0.1, 0.15) is 5.70 Å². The number of nitrogens with zero attached hydrogens (tertiary/aromatic N) is 1. The van der Waals surface area contributed by atoms with Gasteiger partial charge in [-0.2, -0.15) is 0 Å². The molecule has 0 aliphatic carbocycles. The Bertz CT molecular complexity index is 280. The number of halogens is 1. The SMILES string of the molecule is C=C(CCCC)N(C)/C(C(=O)O)=C(\C)Cl. The highest BCUT2D eigenvalue weighted by Crippen LogP contribution is 2.19. The van der Waals surface area contributed by atoms with Gasteiger partial charge in [-0.15, -0.1) is 0 Å². The lowest BCUT2D eigenvalue weighted by molar-refractivity contribution is -0.134. The van der Waals surface area contributed by atoms with E-state index in [2.05, 4.69) is 13.5 Å². The second-order valence-electron chi connectivity index (χ2n) is 3.42. The molecule has 0 radical (unpaired) electrons. The third-order valence-electron chi connectivity index (χ3n) is 2.16. The van der Waals surface area contributed by atoms with Crippen LogP contribution in [0, 0.1) is 0 Å². The van der Waals surface area contributed by atoms with Gasteiger partial charge in [0.25, 0.3) is 0 Å². The average Bonchev–Trinajstić information content (AvgIpc) is 2.12. The van der Waals surface area contributed by atoms with Crippen molar-refractivity contribution < 1.29 is 9.90 Å². The van der Waals surface area contributed by atoms with E-state index in [1.807, 2.05) is 0 Å². The first-order valence-corrected chi connectivity index (χ1v) is 5.30. The molecule has 0 aliphatic heterocycles. The van der Waals surface area contributed by atoms with Crippen LogP contribution in [0.3, 0.4) is 0 Å². The quantitative estimate of drug-likeness (QED) is 0.714. The maximum atomic E-state index is 10.9. The molecule has 0 saturated carbocycles. The molecule has 86 valence electrons. The van der Waals surface area contributed by atoms with E-state index in [-0.39, 0.29) is 10.7 Å². The van der Waals surface area contributed by atoms with Gasteiger partial charge in [0.15, 0.2) is 0 Å². The number of carboxylic acids is 1. The molecular formula is C11H18ClNO2. The van der Waals surface area contributed by atoms with Crippen molar-refractivity contribution in [3.8, 4) is 0 Å². The van der Waals surface area contributed by atoms with Crippen LogP contribution in [0.1, 0.15) is 33.1 Å². The predicted octanol–water partition coefficient (Wildman–Crippen LogP) is 3.18. The highest BCUT2D eigenvalue weighted by molar-refractivity contribution is 6.31. The fraction of sp³-hybridized carbons (Fsp3) is 0.545. The first kappa shape index (κ1) is 14.0. The summed E-state index contributed by atoms with van der Waals surface area (Å²) in [6, 6.07) is 0. The van der Waals surface area contributed by atoms with Crippen molar-refractivity contribution in [2.24, 2.45) is 0 Å². The summed E-state index contributed by atoms with van der Waals surface area (Å²) in [4.78, 5) is 12.5. The van der Waals surface area contributed by atoms with Crippen molar-refractivity contribution in [2.45, 2.75) is 33.1 Å². The Labute approximate surface area is 96.0 Å². The van der Waals surface area contributed by atoms with Crippen LogP contribution in [0.5, 0.6) is 0 Å². The second kappa shape index (κ2) is 6.51. The lowest BCUT2D eigenvalue weighted by Crippen LogP contribution is -2.23. The Morgan fingerprint density at radius 2 is 2.07 bits per heavy atom. The third kappa shape index (κ3) is 4.38. The maximum Gasteiger partial charge on any atom is 0.353 e. The van der Waals surface area contributed by atoms with Gasteiger partial charge in [0.2, 0.25) is 0 Å². The number of carboxylic acid groups (broad SMARTS) is 1. The molecule has 0 bridgehead atoms. The Balaban J connectivity index is 4.67. The molecule has 4 heteroatoms. The van der Waals surface area contributed by atoms with Gasteiger partial charge in [-0.3, -0.25) is 0 Å². The van der Waals surface area contributed by atoms with Gasteiger partial charge < -0.3 is 10.0 Å². The Morgan fingerprint density at radius 3 is 2.40 bits per heavy atom. The van der Waals surface area contributed by atoms with Gasteiger partial charge >= 0.3 is 5.97 Å². The summed E-state index contributed by atoms with van der Waals surface area (Å²) < 4.78 is 0. The van der Waals surface area contributed by atoms with Crippen LogP contribution in [0.15, 0.2) is 23.0 Å². The van der Waals surface area contributed by atoms with Gasteiger partial charge in [0.05, 0.1) is 0 Å². The van der Waals surface area contributed by atoms with Crippen molar-refractivity contribution in [3.63, 3.8) is 0 Å². The number of likely N-dealkylation sites (N-methyl/N-ethyl adjacent to an activating group) is 1. The van der Waals surface area contributed by atoms with Gasteiger partial charge in [0, 0.05) is 17.8 Å². The molecule has 0 aromatic carbocycles. The number of unbranched alkanes of at least 4 members (excludes halogenated alkanes) is 1. The standard InChI is InChI=1S/C11H18ClNO2/c1-5-6-7-8(2)13(4)10(9(3)12)11(14)15/h2,5-7H2,1,3-4H3,(H,14,15)/b10-9+. The minimum atomic E-state index is -1.03. The Morgan fingerprint density at radius 1 is 1.53 bits per heavy atom. The molecule has 15 heavy (non-hydrogen) atoms. The molecule has 3 nitrogen and oxygen atoms in total. The van der Waals surface area contributed by atoms with E-state index < -0.39 is 5.97 Å². The molecule has 0 fully saturated rings. The van der Waals surface area contributed by atoms with Crippen LogP contribution >= 0.6 is 11.6 Å². The monoisotopic (exact) mass is 231 g/mol. The predicted molar refractivity (Wildman–Crippen MR) is 62.6 cm³/mol. The highest BCUT2D eigenvalue weighted by atomic mass is 35.5. The normalized spacial score (nSPS) is 12.0. The summed E-state index contributed by atoms with van der Waals surface area (Å²) >= 11 is 5.73. The van der Waals surface area contributed by atoms with Crippen molar-refractivity contribution in [3.05, 3.63) is 23.0 Å². The van der Waals surface area contributed by atoms with E-state index in [4.69, 9.17) is 16.7 Å². The van der Waals surface area contributed by atoms with E-state index >= 15 is 0 Å². The first-order valence-electron chi connectivity index (χ1n) is 4.93. The molecule has 0 aliphatic rings. The van der Waals surface area contributed by atoms with Gasteiger partial charge in [-0.25, -0.2) is 4.79 Å². The lowest BCUT2D eigenvalue weighted by atomic mass is 10.2. The van der Waals surface area contributed by atoms with E-state index in [1.54, 1.807) is 18.9 Å². The fourth-order valence-corrected chi connectivity index (χ4v) is 1.44. The topological polar surface area (TPSA) is 40.5 Å². The molecule has 0 atom stereocenters. The molecule has 0 spiro atoms. The molecule has 0 heterocycles. The van der Waals surface area contributed by atoms with Crippen molar-refractivity contribution in [1.82, 2.24) is 4.90 Å². The lowest BCUT2D eigenvalue weighted by Gasteiger charge is -2.22. The van der Waals surface area contributed by atoms with Crippen LogP contribution in [-0.4, -0.2) is 23.0 Å². The van der Waals surface area contributed by atoms with Crippen molar-refractivity contribution >= 4 is 17.6 Å². The zero-order valence-corrected chi connectivity index (χ0v) is 10.3. The number of hydrogen-bond acceptors (Lipinski definition) is 2. The van der Waals surface area contributed by atoms with Crippen LogP contribution < -0.4 is 0 Å². The highest BCUT2D eigenvalue weighted by Gasteiger charge is 2.17. The molecule has 1 N–H and O–H groups in total. The molecule has 0 saturated heterocycles. The summed E-state index contributed by atoms with van der Waals surface area (Å²) in [7, 11) is 1.67. The zero-order chi connectivity index (χ0) is 12.0. The summed E-state index contributed by atoms with van der Waals surface area (Å²) in [6.07, 6.45) is 2.84. The van der Waals surface area contributed by atoms with E-state index in [1.165, 1.54) is 0 Å². The minimum Gasteiger partial charge on any atom is -0.477 e. The van der Waals surface area contributed by atoms with E-state index in [0.717, 1.165) is 25.0 Å². The first-order chi connectivity index (χ1) is 6.91. The van der Waals surface area contributed by atoms with Crippen LogP contribution in [0.25, 0.3) is 0 Å². The second-order valence-corrected chi connectivity index (χ2v) is 3.98. The average molecular weight is 232 g/mol. The van der Waals surface area contributed by atoms with Crippen molar-refractivity contribution in [1.29, 1.82) is 0 Å². The van der Waals surface area contributed by atoms with Crippen LogP contribution in [0.4, 0.5) is 0 Å². The third-order valence-corrected chi connectivity index (χ3v) is 2.34. The largest absolute Gasteiger partial charge is 0.477 e. The molecular weight excluding hydrogens is 214 g/mol. The van der Waals surface area contributed by atoms with E-state index in [0.29, 0.717) is 0 Å². The maximum absolute atomic E-state index is 10.9. The van der Waals surface area contributed by atoms with Gasteiger partial charge in [-0.1, -0.05) is 31.5 Å². The zero-order valence-electron chi connectivity index (χ0n) is 9.51. The summed E-state index contributed by atoms with van der Waals surface area (Å²) in [6.45, 7) is 7.49. The van der Waals surface area contributed by atoms with E-state index in [9.17, 15) is 4.79 Å². The fourth-order valence-electron chi connectivity index (χ4n) is 1.23. The molecule has 0 aromatic rings. The molecule has 0 rings (SSSR count). The molecule has 0 aromatic heterocycles.